The molecule has 0 saturated carbocycles. The summed E-state index contributed by atoms with van der Waals surface area (Å²) in [4.78, 5) is 8.84. The molecule has 0 bridgehead atoms. The molecule has 0 radical (unpaired) electrons. The van der Waals surface area contributed by atoms with Crippen LogP contribution in [0.5, 0.6) is 0 Å². The molecule has 0 N–H and O–H groups in total. The molecule has 5 aromatic rings. The third kappa shape index (κ3) is 5.53. The van der Waals surface area contributed by atoms with Gasteiger partial charge in [-0.2, -0.15) is 4.98 Å². The lowest BCUT2D eigenvalue weighted by atomic mass is 9.96. The number of piperazine rings is 1. The Hall–Kier alpha value is -4.27. The quantitative estimate of drug-likeness (QED) is 0.208. The molecule has 0 atom stereocenters. The fraction of sp³-hybridized carbons (Fsp3) is 0.182. The van der Waals surface area contributed by atoms with Crippen LogP contribution in [0.3, 0.4) is 0 Å². The molecule has 0 unspecified atom stereocenters. The van der Waals surface area contributed by atoms with Gasteiger partial charge in [-0.3, -0.25) is 4.90 Å². The highest BCUT2D eigenvalue weighted by atomic mass is 32.2. The number of hydrogen-bond donors (Lipinski definition) is 0. The molecule has 1 aliphatic rings. The summed E-state index contributed by atoms with van der Waals surface area (Å²) >= 11 is 0. The predicted octanol–water partition coefficient (Wildman–Crippen LogP) is 6.53. The molecule has 2 heterocycles. The Morgan fingerprint density at radius 2 is 1.39 bits per heavy atom. The van der Waals surface area contributed by atoms with E-state index in [1.807, 2.05) is 48.2 Å². The molecule has 1 aliphatic heterocycles. The van der Waals surface area contributed by atoms with Crippen molar-refractivity contribution in [2.45, 2.75) is 22.9 Å². The number of halogens is 1. The van der Waals surface area contributed by atoms with Crippen LogP contribution >= 0.6 is 0 Å². The topological polar surface area (TPSA) is 66.7 Å². The molecule has 1 fully saturated rings. The van der Waals surface area contributed by atoms with Gasteiger partial charge >= 0.3 is 0 Å². The number of sulfone groups is 1. The fourth-order valence-electron chi connectivity index (χ4n) is 5.37. The van der Waals surface area contributed by atoms with Crippen molar-refractivity contribution in [3.63, 3.8) is 0 Å². The van der Waals surface area contributed by atoms with Gasteiger partial charge < -0.3 is 9.32 Å². The normalized spacial score (nSPS) is 14.5. The first-order chi connectivity index (χ1) is 19.9. The molecule has 0 spiro atoms. The van der Waals surface area contributed by atoms with E-state index in [2.05, 4.69) is 58.4 Å². The molecule has 208 valence electrons. The van der Waals surface area contributed by atoms with Crippen molar-refractivity contribution < 1.29 is 17.2 Å². The number of benzene rings is 4. The molecule has 4 aromatic carbocycles. The smallest absolute Gasteiger partial charge is 0.236 e. The molecular weight excluding hydrogens is 537 g/mol. The standard InChI is InChI=1S/C33H30FN3O3S/c1-24-9-8-14-27(23-24)31-35-32(41(38,39)29-17-15-28(34)16-18-29)33(40-31)37-21-19-36(20-22-37)30(25-10-4-2-5-11-25)26-12-6-3-7-13-26/h2-18,23,30H,19-22H2,1H3. The lowest BCUT2D eigenvalue weighted by Crippen LogP contribution is -2.48. The Kier molecular flexibility index (Phi) is 7.43. The molecule has 0 aliphatic carbocycles. The minimum Gasteiger partial charge on any atom is -0.419 e. The largest absolute Gasteiger partial charge is 0.419 e. The minimum atomic E-state index is -4.08. The van der Waals surface area contributed by atoms with Crippen LogP contribution in [-0.4, -0.2) is 44.5 Å². The van der Waals surface area contributed by atoms with Crippen molar-refractivity contribution in [2.75, 3.05) is 31.1 Å². The van der Waals surface area contributed by atoms with Crippen LogP contribution in [0.2, 0.25) is 0 Å². The summed E-state index contributed by atoms with van der Waals surface area (Å²) in [6.45, 7) is 4.42. The third-order valence-electron chi connectivity index (χ3n) is 7.42. The van der Waals surface area contributed by atoms with Gasteiger partial charge in [0.2, 0.25) is 26.6 Å². The average molecular weight is 568 g/mol. The zero-order valence-corrected chi connectivity index (χ0v) is 23.5. The number of rotatable bonds is 7. The first kappa shape index (κ1) is 26.9. The number of nitrogens with zero attached hydrogens (tertiary/aromatic N) is 3. The maximum absolute atomic E-state index is 13.8. The van der Waals surface area contributed by atoms with Crippen LogP contribution in [0.25, 0.3) is 11.5 Å². The van der Waals surface area contributed by atoms with Crippen LogP contribution in [0.15, 0.2) is 124 Å². The third-order valence-corrected chi connectivity index (χ3v) is 9.09. The van der Waals surface area contributed by atoms with Gasteiger partial charge in [0.05, 0.1) is 10.9 Å². The highest BCUT2D eigenvalue weighted by Crippen LogP contribution is 2.37. The second-order valence-electron chi connectivity index (χ2n) is 10.2. The van der Waals surface area contributed by atoms with Crippen LogP contribution in [0.4, 0.5) is 10.3 Å². The van der Waals surface area contributed by atoms with Crippen molar-refractivity contribution in [2.24, 2.45) is 0 Å². The molecule has 1 saturated heterocycles. The van der Waals surface area contributed by atoms with Crippen molar-refractivity contribution in [1.82, 2.24) is 9.88 Å². The summed E-state index contributed by atoms with van der Waals surface area (Å²) in [5.41, 5.74) is 4.10. The minimum absolute atomic E-state index is 0.0314. The molecule has 0 amide bonds. The molecular formula is C33H30FN3O3S. The zero-order valence-electron chi connectivity index (χ0n) is 22.7. The molecule has 1 aromatic heterocycles. The summed E-state index contributed by atoms with van der Waals surface area (Å²) in [5.74, 6) is -0.0630. The van der Waals surface area contributed by atoms with Crippen molar-refractivity contribution in [3.8, 4) is 11.5 Å². The van der Waals surface area contributed by atoms with Gasteiger partial charge in [0, 0.05) is 31.7 Å². The van der Waals surface area contributed by atoms with E-state index < -0.39 is 15.7 Å². The molecule has 6 nitrogen and oxygen atoms in total. The Morgan fingerprint density at radius 3 is 1.98 bits per heavy atom. The van der Waals surface area contributed by atoms with E-state index in [9.17, 15) is 12.8 Å². The Morgan fingerprint density at radius 1 is 0.780 bits per heavy atom. The maximum atomic E-state index is 13.8. The first-order valence-electron chi connectivity index (χ1n) is 13.6. The van der Waals surface area contributed by atoms with Crippen molar-refractivity contribution >= 4 is 15.7 Å². The molecule has 8 heteroatoms. The summed E-state index contributed by atoms with van der Waals surface area (Å²) < 4.78 is 47.4. The summed E-state index contributed by atoms with van der Waals surface area (Å²) in [6.07, 6.45) is 0. The van der Waals surface area contributed by atoms with E-state index in [0.29, 0.717) is 31.7 Å². The lowest BCUT2D eigenvalue weighted by molar-refractivity contribution is 0.209. The fourth-order valence-corrected chi connectivity index (χ4v) is 6.69. The predicted molar refractivity (Wildman–Crippen MR) is 157 cm³/mol. The van der Waals surface area contributed by atoms with Crippen molar-refractivity contribution in [3.05, 3.63) is 132 Å². The van der Waals surface area contributed by atoms with Crippen molar-refractivity contribution in [1.29, 1.82) is 0 Å². The van der Waals surface area contributed by atoms with Crippen LogP contribution in [-0.2, 0) is 9.84 Å². The number of aromatic nitrogens is 1. The van der Waals surface area contributed by atoms with E-state index in [-0.39, 0.29) is 27.7 Å². The second kappa shape index (κ2) is 11.3. The van der Waals surface area contributed by atoms with E-state index in [1.54, 1.807) is 0 Å². The van der Waals surface area contributed by atoms with Gasteiger partial charge in [-0.15, -0.1) is 0 Å². The van der Waals surface area contributed by atoms with E-state index >= 15 is 0 Å². The van der Waals surface area contributed by atoms with E-state index in [1.165, 1.54) is 23.3 Å². The number of hydrogen-bond acceptors (Lipinski definition) is 6. The van der Waals surface area contributed by atoms with Gasteiger partial charge in [-0.05, 0) is 54.4 Å². The summed E-state index contributed by atoms with van der Waals surface area (Å²) in [7, 11) is -4.08. The number of anilines is 1. The first-order valence-corrected chi connectivity index (χ1v) is 15.1. The van der Waals surface area contributed by atoms with Gasteiger partial charge in [0.15, 0.2) is 0 Å². The van der Waals surface area contributed by atoms with E-state index in [4.69, 9.17) is 4.42 Å². The zero-order chi connectivity index (χ0) is 28.4. The van der Waals surface area contributed by atoms with Gasteiger partial charge in [-0.25, -0.2) is 12.8 Å². The highest BCUT2D eigenvalue weighted by molar-refractivity contribution is 7.91. The van der Waals surface area contributed by atoms with Gasteiger partial charge in [0.25, 0.3) is 0 Å². The molecule has 6 rings (SSSR count). The summed E-state index contributed by atoms with van der Waals surface area (Å²) in [5, 5.41) is -0.156. The SMILES string of the molecule is Cc1cccc(-c2nc(S(=O)(=O)c3ccc(F)cc3)c(N3CCN(C(c4ccccc4)c4ccccc4)CC3)o2)c1. The maximum Gasteiger partial charge on any atom is 0.236 e. The van der Waals surface area contributed by atoms with Crippen LogP contribution in [0.1, 0.15) is 22.7 Å². The Bertz CT molecular complexity index is 1690. The molecule has 41 heavy (non-hydrogen) atoms. The summed E-state index contributed by atoms with van der Waals surface area (Å²) in [6, 6.07) is 33.3. The Labute approximate surface area is 239 Å². The van der Waals surface area contributed by atoms with Crippen LogP contribution < -0.4 is 4.90 Å². The lowest BCUT2D eigenvalue weighted by Gasteiger charge is -2.39. The van der Waals surface area contributed by atoms with Gasteiger partial charge in [0.1, 0.15) is 5.82 Å². The monoisotopic (exact) mass is 567 g/mol. The second-order valence-corrected chi connectivity index (χ2v) is 12.1. The van der Waals surface area contributed by atoms with Gasteiger partial charge in [-0.1, -0.05) is 78.4 Å². The number of oxazole rings is 1. The number of aryl methyl sites for hydroxylation is 1. The van der Waals surface area contributed by atoms with Crippen LogP contribution in [0, 0.1) is 12.7 Å². The average Bonchev–Trinajstić information content (AvgIpc) is 3.46. The Balaban J connectivity index is 1.34. The van der Waals surface area contributed by atoms with E-state index in [0.717, 1.165) is 17.7 Å². The highest BCUT2D eigenvalue weighted by Gasteiger charge is 2.34.